The number of carbonyl (C=O) groups excluding carboxylic acids is 6. The normalized spacial score (nSPS) is 14.2. The first-order valence-electron chi connectivity index (χ1n) is 13.7. The molecule has 0 aliphatic carbocycles. The molecule has 4 atom stereocenters. The van der Waals surface area contributed by atoms with Crippen LogP contribution in [0.4, 0.5) is 18.0 Å². The molecule has 1 aromatic rings. The molecule has 1 rings (SSSR count). The summed E-state index contributed by atoms with van der Waals surface area (Å²) in [6.07, 6.45) is -7.47. The van der Waals surface area contributed by atoms with E-state index in [1.165, 1.54) is 6.92 Å². The fraction of sp³-hybridized carbons (Fsp3) is 0.571. The van der Waals surface area contributed by atoms with Gasteiger partial charge in [-0.05, 0) is 37.2 Å². The van der Waals surface area contributed by atoms with E-state index in [4.69, 9.17) is 10.5 Å². The molecule has 0 fully saturated rings. The molecule has 240 valence electrons. The average Bonchev–Trinajstić information content (AvgIpc) is 2.91. The third-order valence-electron chi connectivity index (χ3n) is 6.12. The van der Waals surface area contributed by atoms with Crippen LogP contribution in [0.3, 0.4) is 0 Å². The maximum atomic E-state index is 13.2. The zero-order chi connectivity index (χ0) is 32.9. The summed E-state index contributed by atoms with van der Waals surface area (Å²) in [6.45, 7) is 7.95. The lowest BCUT2D eigenvalue weighted by molar-refractivity contribution is -0.174. The quantitative estimate of drug-likeness (QED) is 0.188. The Morgan fingerprint density at radius 2 is 1.40 bits per heavy atom. The zero-order valence-corrected chi connectivity index (χ0v) is 24.7. The van der Waals surface area contributed by atoms with E-state index < -0.39 is 84.6 Å². The van der Waals surface area contributed by atoms with E-state index in [1.54, 1.807) is 58.0 Å². The van der Waals surface area contributed by atoms with Crippen LogP contribution in [0, 0.1) is 11.8 Å². The maximum Gasteiger partial charge on any atom is 0.452 e. The van der Waals surface area contributed by atoms with Crippen molar-refractivity contribution in [1.29, 1.82) is 0 Å². The van der Waals surface area contributed by atoms with Gasteiger partial charge in [0.2, 0.25) is 23.6 Å². The number of rotatable bonds is 16. The number of nitrogens with one attached hydrogen (secondary N) is 4. The highest BCUT2D eigenvalue weighted by Gasteiger charge is 2.44. The van der Waals surface area contributed by atoms with Crippen molar-refractivity contribution >= 4 is 35.5 Å². The molecule has 0 aromatic heterocycles. The highest BCUT2D eigenvalue weighted by atomic mass is 19.4. The number of Topliss-reactive ketones (excluding diaryl/α,β-unsaturated/α-hetero) is 1. The van der Waals surface area contributed by atoms with Crippen molar-refractivity contribution < 1.29 is 46.7 Å². The smallest absolute Gasteiger partial charge is 0.445 e. The van der Waals surface area contributed by atoms with Crippen LogP contribution in [-0.2, 0) is 35.3 Å². The second-order valence-electron chi connectivity index (χ2n) is 10.8. The fourth-order valence-electron chi connectivity index (χ4n) is 3.81. The van der Waals surface area contributed by atoms with E-state index in [-0.39, 0.29) is 18.9 Å². The number of nitrogens with two attached hydrogens (primary N) is 1. The van der Waals surface area contributed by atoms with Crippen LogP contribution in [-0.4, -0.2) is 65.8 Å². The first kappa shape index (κ1) is 36.9. The average molecular weight is 616 g/mol. The van der Waals surface area contributed by atoms with Crippen LogP contribution in [0.2, 0.25) is 0 Å². The summed E-state index contributed by atoms with van der Waals surface area (Å²) in [5, 5.41) is 9.28. The number of hydrogen-bond donors (Lipinski definition) is 5. The van der Waals surface area contributed by atoms with Crippen molar-refractivity contribution in [2.75, 3.05) is 0 Å². The topological polar surface area (TPSA) is 186 Å². The van der Waals surface area contributed by atoms with Crippen molar-refractivity contribution in [3.8, 4) is 0 Å². The fourth-order valence-corrected chi connectivity index (χ4v) is 3.81. The molecule has 43 heavy (non-hydrogen) atoms. The predicted molar refractivity (Wildman–Crippen MR) is 149 cm³/mol. The van der Waals surface area contributed by atoms with Gasteiger partial charge in [0.25, 0.3) is 5.78 Å². The molecular weight excluding hydrogens is 575 g/mol. The minimum atomic E-state index is -5.29. The van der Waals surface area contributed by atoms with Gasteiger partial charge in [-0.25, -0.2) is 4.79 Å². The molecule has 15 heteroatoms. The molecule has 1 aromatic carbocycles. The predicted octanol–water partition coefficient (Wildman–Crippen LogP) is 1.85. The molecule has 0 aliphatic heterocycles. The minimum absolute atomic E-state index is 0.0235. The summed E-state index contributed by atoms with van der Waals surface area (Å²) in [5.41, 5.74) is 5.72. The molecule has 6 N–H and O–H groups in total. The van der Waals surface area contributed by atoms with E-state index in [0.717, 1.165) is 5.56 Å². The number of ether oxygens (including phenoxy) is 1. The summed E-state index contributed by atoms with van der Waals surface area (Å²) < 4.78 is 44.4. The number of benzene rings is 1. The van der Waals surface area contributed by atoms with Gasteiger partial charge >= 0.3 is 12.3 Å². The number of alkyl carbamates (subject to hydrolysis) is 1. The number of amides is 5. The van der Waals surface area contributed by atoms with Crippen LogP contribution in [0.25, 0.3) is 0 Å². The molecule has 0 aliphatic rings. The lowest BCUT2D eigenvalue weighted by Crippen LogP contribution is -2.59. The number of primary amides is 1. The monoisotopic (exact) mass is 615 g/mol. The number of hydrogen-bond acceptors (Lipinski definition) is 7. The van der Waals surface area contributed by atoms with Gasteiger partial charge in [-0.3, -0.25) is 24.0 Å². The van der Waals surface area contributed by atoms with E-state index in [1.807, 2.05) is 5.32 Å². The van der Waals surface area contributed by atoms with E-state index in [0.29, 0.717) is 0 Å². The summed E-state index contributed by atoms with van der Waals surface area (Å²) in [6, 6.07) is 3.02. The standard InChI is InChI=1S/C28H40F3N5O7/c1-15(2)13-20(25(40)34-19(11-12-21(32)37)23(38)28(29,30)31)35-26(41)22(16(3)4)36-24(39)17(5)33-27(42)43-14-18-9-7-6-8-10-18/h6-10,15-17,19-20,22H,11-14H2,1-5H3,(H2,32,37)(H,33,42)(H,34,40)(H,35,41)(H,36,39)/t17-,19-,20-,22-/m0/s1. The molecule has 0 saturated heterocycles. The van der Waals surface area contributed by atoms with Crippen LogP contribution in [0.15, 0.2) is 30.3 Å². The molecule has 0 saturated carbocycles. The Hall–Kier alpha value is -4.17. The van der Waals surface area contributed by atoms with Crippen molar-refractivity contribution in [3.05, 3.63) is 35.9 Å². The van der Waals surface area contributed by atoms with Gasteiger partial charge in [-0.15, -0.1) is 0 Å². The third-order valence-corrected chi connectivity index (χ3v) is 6.12. The Morgan fingerprint density at radius 3 is 1.91 bits per heavy atom. The Bertz CT molecular complexity index is 1130. The molecule has 0 unspecified atom stereocenters. The van der Waals surface area contributed by atoms with Crippen LogP contribution < -0.4 is 27.0 Å². The first-order valence-corrected chi connectivity index (χ1v) is 13.7. The van der Waals surface area contributed by atoms with Crippen molar-refractivity contribution in [3.63, 3.8) is 0 Å². The van der Waals surface area contributed by atoms with Gasteiger partial charge < -0.3 is 31.7 Å². The van der Waals surface area contributed by atoms with Gasteiger partial charge in [0.15, 0.2) is 0 Å². The largest absolute Gasteiger partial charge is 0.452 e. The Labute approximate surface area is 248 Å². The van der Waals surface area contributed by atoms with Crippen molar-refractivity contribution in [2.45, 2.75) is 90.8 Å². The molecule has 0 spiro atoms. The first-order chi connectivity index (χ1) is 19.9. The van der Waals surface area contributed by atoms with E-state index >= 15 is 0 Å². The Morgan fingerprint density at radius 1 is 0.814 bits per heavy atom. The van der Waals surface area contributed by atoms with Crippen molar-refractivity contribution in [2.24, 2.45) is 17.6 Å². The van der Waals surface area contributed by atoms with Crippen molar-refractivity contribution in [1.82, 2.24) is 21.3 Å². The van der Waals surface area contributed by atoms with Gasteiger partial charge in [0.1, 0.15) is 24.7 Å². The highest BCUT2D eigenvalue weighted by molar-refractivity contribution is 5.97. The summed E-state index contributed by atoms with van der Waals surface area (Å²) in [4.78, 5) is 74.1. The molecule has 0 bridgehead atoms. The third kappa shape index (κ3) is 13.6. The number of carbonyl (C=O) groups is 6. The summed E-state index contributed by atoms with van der Waals surface area (Å²) >= 11 is 0. The Balaban J connectivity index is 2.94. The summed E-state index contributed by atoms with van der Waals surface area (Å²) in [5.74, 6) is -6.62. The van der Waals surface area contributed by atoms with Gasteiger partial charge in [0, 0.05) is 6.42 Å². The number of halogens is 3. The molecule has 0 heterocycles. The summed E-state index contributed by atoms with van der Waals surface area (Å²) in [7, 11) is 0. The maximum absolute atomic E-state index is 13.2. The lowest BCUT2D eigenvalue weighted by atomic mass is 9.98. The SMILES string of the molecule is CC(C)C[C@H](NC(=O)[C@@H](NC(=O)[C@H](C)NC(=O)OCc1ccccc1)C(C)C)C(=O)N[C@@H](CCC(N)=O)C(=O)C(F)(F)F. The molecule has 5 amide bonds. The van der Waals surface area contributed by atoms with Crippen LogP contribution >= 0.6 is 0 Å². The van der Waals surface area contributed by atoms with E-state index in [9.17, 15) is 41.9 Å². The zero-order valence-electron chi connectivity index (χ0n) is 24.7. The van der Waals surface area contributed by atoms with Crippen LogP contribution in [0.5, 0.6) is 0 Å². The molecule has 0 radical (unpaired) electrons. The van der Waals surface area contributed by atoms with Gasteiger partial charge in [0.05, 0.1) is 6.04 Å². The van der Waals surface area contributed by atoms with Crippen LogP contribution in [0.1, 0.15) is 59.4 Å². The minimum Gasteiger partial charge on any atom is -0.445 e. The number of ketones is 1. The second kappa shape index (κ2) is 17.1. The number of alkyl halides is 3. The lowest BCUT2D eigenvalue weighted by Gasteiger charge is -2.28. The van der Waals surface area contributed by atoms with E-state index in [2.05, 4.69) is 16.0 Å². The van der Waals surface area contributed by atoms with Gasteiger partial charge in [-0.1, -0.05) is 58.0 Å². The Kier molecular flexibility index (Phi) is 14.6. The molecular formula is C28H40F3N5O7. The van der Waals surface area contributed by atoms with Gasteiger partial charge in [-0.2, -0.15) is 13.2 Å². The highest BCUT2D eigenvalue weighted by Crippen LogP contribution is 2.20. The second-order valence-corrected chi connectivity index (χ2v) is 10.8. The molecule has 12 nitrogen and oxygen atoms in total.